The van der Waals surface area contributed by atoms with Gasteiger partial charge in [-0.05, 0) is 18.6 Å². The summed E-state index contributed by atoms with van der Waals surface area (Å²) >= 11 is 0. The molecule has 0 unspecified atom stereocenters. The van der Waals surface area contributed by atoms with E-state index in [0.29, 0.717) is 13.2 Å². The fraction of sp³-hybridized carbons (Fsp3) is 0.286. The molecule has 2 aromatic rings. The topological polar surface area (TPSA) is 42.2 Å². The van der Waals surface area contributed by atoms with Crippen LogP contribution in [0.25, 0.3) is 0 Å². The Morgan fingerprint density at radius 2 is 1.43 bits per heavy atom. The van der Waals surface area contributed by atoms with Crippen LogP contribution >= 0.6 is 0 Å². The van der Waals surface area contributed by atoms with Crippen LogP contribution in [0.5, 0.6) is 5.75 Å². The molecule has 0 heterocycles. The van der Waals surface area contributed by atoms with Gasteiger partial charge in [-0.15, -0.1) is 0 Å². The molecule has 0 fully saturated rings. The second-order valence-corrected chi connectivity index (χ2v) is 5.75. The third-order valence-corrected chi connectivity index (χ3v) is 3.64. The standard InChI is InChI=1S/C21H17F4NO2/c1-2-3-6-27-7-8-28-15-11-20(24)16(21(25)12-15)5-4-14-9-18(22)17(13-26)19(23)10-14/h9-12H,2-3,6-8H2,1H3. The zero-order valence-electron chi connectivity index (χ0n) is 15.1. The maximum absolute atomic E-state index is 14.1. The van der Waals surface area contributed by atoms with Crippen molar-refractivity contribution in [3.05, 3.63) is 64.2 Å². The van der Waals surface area contributed by atoms with Crippen LogP contribution in [0, 0.1) is 46.4 Å². The third-order valence-electron chi connectivity index (χ3n) is 3.64. The van der Waals surface area contributed by atoms with Gasteiger partial charge in [-0.25, -0.2) is 17.6 Å². The molecule has 0 radical (unpaired) electrons. The van der Waals surface area contributed by atoms with Gasteiger partial charge in [-0.1, -0.05) is 25.2 Å². The van der Waals surface area contributed by atoms with Crippen molar-refractivity contribution in [1.29, 1.82) is 5.26 Å². The van der Waals surface area contributed by atoms with Crippen molar-refractivity contribution in [2.45, 2.75) is 19.8 Å². The molecule has 0 aliphatic carbocycles. The van der Waals surface area contributed by atoms with E-state index >= 15 is 0 Å². The lowest BCUT2D eigenvalue weighted by atomic mass is 10.1. The van der Waals surface area contributed by atoms with E-state index in [0.717, 1.165) is 37.1 Å². The van der Waals surface area contributed by atoms with E-state index in [9.17, 15) is 17.6 Å². The van der Waals surface area contributed by atoms with E-state index in [1.165, 1.54) is 6.07 Å². The van der Waals surface area contributed by atoms with Crippen molar-refractivity contribution in [3.8, 4) is 23.7 Å². The molecule has 146 valence electrons. The Morgan fingerprint density at radius 3 is 2.00 bits per heavy atom. The van der Waals surface area contributed by atoms with Crippen LogP contribution in [0.15, 0.2) is 24.3 Å². The number of halogens is 4. The summed E-state index contributed by atoms with van der Waals surface area (Å²) in [4.78, 5) is 0. The largest absolute Gasteiger partial charge is 0.491 e. The second-order valence-electron chi connectivity index (χ2n) is 5.75. The van der Waals surface area contributed by atoms with Crippen LogP contribution in [0.1, 0.15) is 36.5 Å². The number of nitrogens with zero attached hydrogens (tertiary/aromatic N) is 1. The Bertz CT molecular complexity index is 896. The van der Waals surface area contributed by atoms with Gasteiger partial charge < -0.3 is 9.47 Å². The number of unbranched alkanes of at least 4 members (excludes halogenated alkanes) is 1. The first-order valence-corrected chi connectivity index (χ1v) is 8.57. The summed E-state index contributed by atoms with van der Waals surface area (Å²) in [6.45, 7) is 3.05. The summed E-state index contributed by atoms with van der Waals surface area (Å²) in [7, 11) is 0. The molecule has 0 aliphatic rings. The SMILES string of the molecule is CCCCOCCOc1cc(F)c(C#Cc2cc(F)c(C#N)c(F)c2)c(F)c1. The van der Waals surface area contributed by atoms with Gasteiger partial charge in [0.05, 0.1) is 12.2 Å². The van der Waals surface area contributed by atoms with Crippen LogP contribution in [0.4, 0.5) is 17.6 Å². The predicted molar refractivity (Wildman–Crippen MR) is 94.6 cm³/mol. The Kier molecular flexibility index (Phi) is 7.86. The normalized spacial score (nSPS) is 10.1. The van der Waals surface area contributed by atoms with E-state index in [2.05, 4.69) is 11.8 Å². The summed E-state index contributed by atoms with van der Waals surface area (Å²) in [5, 5.41) is 8.63. The van der Waals surface area contributed by atoms with Crippen molar-refractivity contribution >= 4 is 0 Å². The smallest absolute Gasteiger partial charge is 0.145 e. The van der Waals surface area contributed by atoms with Crippen LogP contribution in [0.2, 0.25) is 0 Å². The van der Waals surface area contributed by atoms with Crippen molar-refractivity contribution in [1.82, 2.24) is 0 Å². The maximum atomic E-state index is 14.1. The van der Waals surface area contributed by atoms with Gasteiger partial charge >= 0.3 is 0 Å². The average Bonchev–Trinajstić information content (AvgIpc) is 2.63. The fourth-order valence-corrected chi connectivity index (χ4v) is 2.21. The van der Waals surface area contributed by atoms with Crippen molar-refractivity contribution in [2.75, 3.05) is 19.8 Å². The van der Waals surface area contributed by atoms with Gasteiger partial charge in [0.2, 0.25) is 0 Å². The van der Waals surface area contributed by atoms with E-state index in [4.69, 9.17) is 14.7 Å². The summed E-state index contributed by atoms with van der Waals surface area (Å²) in [5.74, 6) is 0.343. The lowest BCUT2D eigenvalue weighted by molar-refractivity contribution is 0.0978. The molecule has 0 aliphatic heterocycles. The van der Waals surface area contributed by atoms with Gasteiger partial charge in [0.15, 0.2) is 0 Å². The van der Waals surface area contributed by atoms with Crippen LogP contribution in [-0.4, -0.2) is 19.8 Å². The minimum atomic E-state index is -1.10. The van der Waals surface area contributed by atoms with Crippen LogP contribution < -0.4 is 4.74 Å². The van der Waals surface area contributed by atoms with Gasteiger partial charge in [-0.3, -0.25) is 0 Å². The number of benzene rings is 2. The van der Waals surface area contributed by atoms with Crippen molar-refractivity contribution in [3.63, 3.8) is 0 Å². The van der Waals surface area contributed by atoms with E-state index < -0.39 is 34.4 Å². The highest BCUT2D eigenvalue weighted by molar-refractivity contribution is 5.48. The lowest BCUT2D eigenvalue weighted by Crippen LogP contribution is -2.08. The maximum Gasteiger partial charge on any atom is 0.145 e. The molecule has 3 nitrogen and oxygen atoms in total. The molecule has 0 aromatic heterocycles. The summed E-state index contributed by atoms with van der Waals surface area (Å²) in [6, 6.07) is 4.96. The molecular formula is C21H17F4NO2. The summed E-state index contributed by atoms with van der Waals surface area (Å²) in [5.41, 5.74) is -1.46. The first-order chi connectivity index (χ1) is 13.5. The van der Waals surface area contributed by atoms with Gasteiger partial charge in [0.1, 0.15) is 47.3 Å². The van der Waals surface area contributed by atoms with E-state index in [1.54, 1.807) is 0 Å². The quantitative estimate of drug-likeness (QED) is 0.390. The average molecular weight is 391 g/mol. The van der Waals surface area contributed by atoms with Gasteiger partial charge in [0.25, 0.3) is 0 Å². The first kappa shape index (κ1) is 21.3. The Morgan fingerprint density at radius 1 is 0.821 bits per heavy atom. The molecule has 2 rings (SSSR count). The van der Waals surface area contributed by atoms with Crippen molar-refractivity contribution in [2.24, 2.45) is 0 Å². The molecule has 0 bridgehead atoms. The molecule has 0 amide bonds. The third kappa shape index (κ3) is 5.73. The number of hydrogen-bond acceptors (Lipinski definition) is 3. The summed E-state index contributed by atoms with van der Waals surface area (Å²) < 4.78 is 65.9. The van der Waals surface area contributed by atoms with Gasteiger partial charge in [0, 0.05) is 24.3 Å². The number of ether oxygens (including phenoxy) is 2. The zero-order chi connectivity index (χ0) is 20.5. The minimum Gasteiger partial charge on any atom is -0.491 e. The highest BCUT2D eigenvalue weighted by Gasteiger charge is 2.12. The predicted octanol–water partition coefficient (Wildman–Crippen LogP) is 4.71. The monoisotopic (exact) mass is 391 g/mol. The molecule has 0 atom stereocenters. The minimum absolute atomic E-state index is 0.0184. The lowest BCUT2D eigenvalue weighted by Gasteiger charge is -2.08. The van der Waals surface area contributed by atoms with Crippen LogP contribution in [0.3, 0.4) is 0 Å². The van der Waals surface area contributed by atoms with Gasteiger partial charge in [-0.2, -0.15) is 5.26 Å². The van der Waals surface area contributed by atoms with Crippen LogP contribution in [-0.2, 0) is 4.74 Å². The molecule has 0 N–H and O–H groups in total. The molecular weight excluding hydrogens is 374 g/mol. The Balaban J connectivity index is 2.10. The highest BCUT2D eigenvalue weighted by atomic mass is 19.1. The Labute approximate surface area is 160 Å². The number of rotatable bonds is 7. The zero-order valence-corrected chi connectivity index (χ0v) is 15.1. The molecule has 0 spiro atoms. The van der Waals surface area contributed by atoms with E-state index in [1.807, 2.05) is 6.92 Å². The fourth-order valence-electron chi connectivity index (χ4n) is 2.21. The second kappa shape index (κ2) is 10.3. The van der Waals surface area contributed by atoms with Crippen molar-refractivity contribution < 1.29 is 27.0 Å². The molecule has 0 saturated carbocycles. The first-order valence-electron chi connectivity index (χ1n) is 8.57. The summed E-state index contributed by atoms with van der Waals surface area (Å²) in [6.07, 6.45) is 1.92. The number of hydrogen-bond donors (Lipinski definition) is 0. The number of nitriles is 1. The molecule has 28 heavy (non-hydrogen) atoms. The Hall–Kier alpha value is -3.03. The molecule has 7 heteroatoms. The highest BCUT2D eigenvalue weighted by Crippen LogP contribution is 2.20. The molecule has 0 saturated heterocycles. The van der Waals surface area contributed by atoms with E-state index in [-0.39, 0.29) is 17.9 Å². The molecule has 2 aromatic carbocycles.